The van der Waals surface area contributed by atoms with Crippen molar-refractivity contribution in [3.05, 3.63) is 0 Å². The SMILES string of the molecule is CC1CNCC1C(=O)NC1CCN(C)C1=O. The monoisotopic (exact) mass is 225 g/mol. The summed E-state index contributed by atoms with van der Waals surface area (Å²) in [5, 5.41) is 6.05. The predicted molar refractivity (Wildman–Crippen MR) is 59.7 cm³/mol. The van der Waals surface area contributed by atoms with E-state index in [4.69, 9.17) is 0 Å². The summed E-state index contributed by atoms with van der Waals surface area (Å²) in [6.45, 7) is 4.41. The van der Waals surface area contributed by atoms with E-state index in [1.807, 2.05) is 0 Å². The largest absolute Gasteiger partial charge is 0.344 e. The Hall–Kier alpha value is -1.10. The first-order valence-corrected chi connectivity index (χ1v) is 5.85. The zero-order chi connectivity index (χ0) is 11.7. The predicted octanol–water partition coefficient (Wildman–Crippen LogP) is -0.811. The summed E-state index contributed by atoms with van der Waals surface area (Å²) >= 11 is 0. The molecule has 0 bridgehead atoms. The van der Waals surface area contributed by atoms with Crippen LogP contribution in [0.25, 0.3) is 0 Å². The standard InChI is InChI=1S/C11H19N3O2/c1-7-5-12-6-8(7)10(15)13-9-3-4-14(2)11(9)16/h7-9,12H,3-6H2,1-2H3,(H,13,15). The fourth-order valence-corrected chi connectivity index (χ4v) is 2.40. The molecule has 3 unspecified atom stereocenters. The van der Waals surface area contributed by atoms with Crippen molar-refractivity contribution in [1.82, 2.24) is 15.5 Å². The molecular formula is C11H19N3O2. The van der Waals surface area contributed by atoms with Crippen molar-refractivity contribution in [2.75, 3.05) is 26.7 Å². The average Bonchev–Trinajstić information content (AvgIpc) is 2.79. The first kappa shape index (κ1) is 11.4. The Bertz CT molecular complexity index is 306. The average molecular weight is 225 g/mol. The molecule has 16 heavy (non-hydrogen) atoms. The maximum absolute atomic E-state index is 11.9. The second-order valence-electron chi connectivity index (χ2n) is 4.85. The van der Waals surface area contributed by atoms with Crippen LogP contribution >= 0.6 is 0 Å². The second kappa shape index (κ2) is 4.41. The maximum Gasteiger partial charge on any atom is 0.244 e. The summed E-state index contributed by atoms with van der Waals surface area (Å²) in [4.78, 5) is 25.2. The molecule has 0 aliphatic carbocycles. The number of carbonyl (C=O) groups is 2. The minimum atomic E-state index is -0.301. The van der Waals surface area contributed by atoms with Gasteiger partial charge in [0.15, 0.2) is 0 Å². The minimum Gasteiger partial charge on any atom is -0.344 e. The Morgan fingerprint density at radius 2 is 2.25 bits per heavy atom. The van der Waals surface area contributed by atoms with Crippen LogP contribution in [0.2, 0.25) is 0 Å². The van der Waals surface area contributed by atoms with E-state index < -0.39 is 0 Å². The summed E-state index contributed by atoms with van der Waals surface area (Å²) in [5.74, 6) is 0.422. The topological polar surface area (TPSA) is 61.4 Å². The number of likely N-dealkylation sites (N-methyl/N-ethyl adjacent to an activating group) is 1. The van der Waals surface area contributed by atoms with E-state index in [0.29, 0.717) is 5.92 Å². The highest BCUT2D eigenvalue weighted by atomic mass is 16.2. The molecule has 90 valence electrons. The Kier molecular flexibility index (Phi) is 3.14. The Balaban J connectivity index is 1.90. The Labute approximate surface area is 95.6 Å². The molecule has 3 atom stereocenters. The molecule has 0 aromatic rings. The van der Waals surface area contributed by atoms with E-state index in [1.54, 1.807) is 11.9 Å². The van der Waals surface area contributed by atoms with Gasteiger partial charge in [-0.3, -0.25) is 9.59 Å². The Morgan fingerprint density at radius 1 is 1.50 bits per heavy atom. The van der Waals surface area contributed by atoms with Gasteiger partial charge in [0.05, 0.1) is 5.92 Å². The smallest absolute Gasteiger partial charge is 0.244 e. The lowest BCUT2D eigenvalue weighted by Gasteiger charge is -2.17. The van der Waals surface area contributed by atoms with Gasteiger partial charge in [-0.15, -0.1) is 0 Å². The molecule has 0 spiro atoms. The van der Waals surface area contributed by atoms with Crippen LogP contribution in [0, 0.1) is 11.8 Å². The van der Waals surface area contributed by atoms with Crippen molar-refractivity contribution in [1.29, 1.82) is 0 Å². The molecule has 2 aliphatic rings. The summed E-state index contributed by atoms with van der Waals surface area (Å²) < 4.78 is 0. The summed E-state index contributed by atoms with van der Waals surface area (Å²) in [5.41, 5.74) is 0. The van der Waals surface area contributed by atoms with Crippen LogP contribution in [-0.2, 0) is 9.59 Å². The van der Waals surface area contributed by atoms with E-state index in [9.17, 15) is 9.59 Å². The van der Waals surface area contributed by atoms with Crippen molar-refractivity contribution in [2.45, 2.75) is 19.4 Å². The van der Waals surface area contributed by atoms with Crippen LogP contribution < -0.4 is 10.6 Å². The highest BCUT2D eigenvalue weighted by Crippen LogP contribution is 2.17. The summed E-state index contributed by atoms with van der Waals surface area (Å²) in [6.07, 6.45) is 0.732. The lowest BCUT2D eigenvalue weighted by Crippen LogP contribution is -2.44. The minimum absolute atomic E-state index is 0.0127. The number of hydrogen-bond donors (Lipinski definition) is 2. The quantitative estimate of drug-likeness (QED) is 0.646. The highest BCUT2D eigenvalue weighted by Gasteiger charge is 2.35. The van der Waals surface area contributed by atoms with Gasteiger partial charge in [0.2, 0.25) is 11.8 Å². The number of carbonyl (C=O) groups excluding carboxylic acids is 2. The number of amides is 2. The molecular weight excluding hydrogens is 206 g/mol. The molecule has 2 N–H and O–H groups in total. The van der Waals surface area contributed by atoms with E-state index in [-0.39, 0.29) is 23.8 Å². The van der Waals surface area contributed by atoms with E-state index in [1.165, 1.54) is 0 Å². The van der Waals surface area contributed by atoms with Crippen molar-refractivity contribution < 1.29 is 9.59 Å². The zero-order valence-corrected chi connectivity index (χ0v) is 9.82. The first-order valence-electron chi connectivity index (χ1n) is 5.85. The lowest BCUT2D eigenvalue weighted by molar-refractivity contribution is -0.133. The van der Waals surface area contributed by atoms with Crippen LogP contribution in [0.3, 0.4) is 0 Å². The molecule has 0 saturated carbocycles. The lowest BCUT2D eigenvalue weighted by atomic mass is 9.97. The number of nitrogens with zero attached hydrogens (tertiary/aromatic N) is 1. The fraction of sp³-hybridized carbons (Fsp3) is 0.818. The third-order valence-corrected chi connectivity index (χ3v) is 3.60. The van der Waals surface area contributed by atoms with Crippen LogP contribution in [-0.4, -0.2) is 49.4 Å². The number of hydrogen-bond acceptors (Lipinski definition) is 3. The van der Waals surface area contributed by atoms with Crippen LogP contribution in [0.1, 0.15) is 13.3 Å². The van der Waals surface area contributed by atoms with Crippen molar-refractivity contribution in [3.63, 3.8) is 0 Å². The van der Waals surface area contributed by atoms with Gasteiger partial charge in [0.25, 0.3) is 0 Å². The van der Waals surface area contributed by atoms with Gasteiger partial charge in [-0.25, -0.2) is 0 Å². The van der Waals surface area contributed by atoms with E-state index >= 15 is 0 Å². The highest BCUT2D eigenvalue weighted by molar-refractivity contribution is 5.90. The third kappa shape index (κ3) is 2.04. The molecule has 2 amide bonds. The van der Waals surface area contributed by atoms with Crippen LogP contribution in [0.15, 0.2) is 0 Å². The van der Waals surface area contributed by atoms with Crippen molar-refractivity contribution in [2.24, 2.45) is 11.8 Å². The molecule has 5 nitrogen and oxygen atoms in total. The van der Waals surface area contributed by atoms with Gasteiger partial charge in [0.1, 0.15) is 6.04 Å². The normalized spacial score (nSPS) is 34.5. The van der Waals surface area contributed by atoms with Crippen molar-refractivity contribution in [3.8, 4) is 0 Å². The molecule has 2 fully saturated rings. The molecule has 0 radical (unpaired) electrons. The Morgan fingerprint density at radius 3 is 2.75 bits per heavy atom. The van der Waals surface area contributed by atoms with Gasteiger partial charge >= 0.3 is 0 Å². The fourth-order valence-electron chi connectivity index (χ4n) is 2.40. The number of nitrogens with one attached hydrogen (secondary N) is 2. The molecule has 2 saturated heterocycles. The van der Waals surface area contributed by atoms with Gasteiger partial charge in [-0.05, 0) is 18.9 Å². The summed E-state index contributed by atoms with van der Waals surface area (Å²) in [6, 6.07) is -0.301. The molecule has 0 aromatic carbocycles. The van der Waals surface area contributed by atoms with Crippen molar-refractivity contribution >= 4 is 11.8 Å². The van der Waals surface area contributed by atoms with Crippen LogP contribution in [0.5, 0.6) is 0 Å². The summed E-state index contributed by atoms with van der Waals surface area (Å²) in [7, 11) is 1.77. The van der Waals surface area contributed by atoms with Crippen LogP contribution in [0.4, 0.5) is 0 Å². The first-order chi connectivity index (χ1) is 7.59. The zero-order valence-electron chi connectivity index (χ0n) is 9.82. The van der Waals surface area contributed by atoms with Gasteiger partial charge in [-0.2, -0.15) is 0 Å². The molecule has 2 rings (SSSR count). The number of rotatable bonds is 2. The third-order valence-electron chi connectivity index (χ3n) is 3.60. The second-order valence-corrected chi connectivity index (χ2v) is 4.85. The molecule has 5 heteroatoms. The van der Waals surface area contributed by atoms with E-state index in [0.717, 1.165) is 26.1 Å². The van der Waals surface area contributed by atoms with Gasteiger partial charge in [0, 0.05) is 20.1 Å². The van der Waals surface area contributed by atoms with Gasteiger partial charge < -0.3 is 15.5 Å². The molecule has 2 aliphatic heterocycles. The van der Waals surface area contributed by atoms with Gasteiger partial charge in [-0.1, -0.05) is 6.92 Å². The molecule has 2 heterocycles. The van der Waals surface area contributed by atoms with E-state index in [2.05, 4.69) is 17.6 Å². The molecule has 0 aromatic heterocycles. The maximum atomic E-state index is 11.9. The number of likely N-dealkylation sites (tertiary alicyclic amines) is 1.